The third-order valence-corrected chi connectivity index (χ3v) is 5.00. The van der Waals surface area contributed by atoms with Gasteiger partial charge in [0.1, 0.15) is 4.88 Å². The molecule has 0 unspecified atom stereocenters. The minimum absolute atomic E-state index is 0.0246. The van der Waals surface area contributed by atoms with Crippen LogP contribution in [0.15, 0.2) is 6.20 Å². The van der Waals surface area contributed by atoms with E-state index in [4.69, 9.17) is 0 Å². The number of hydrogen-bond donors (Lipinski definition) is 1. The number of nitrogens with one attached hydrogen (secondary N) is 1. The van der Waals surface area contributed by atoms with Gasteiger partial charge in [0, 0.05) is 11.4 Å². The number of aromatic nitrogens is 1. The molecule has 1 amide bonds. The summed E-state index contributed by atoms with van der Waals surface area (Å²) in [5.74, 6) is 0.665. The van der Waals surface area contributed by atoms with Crippen molar-refractivity contribution in [2.75, 3.05) is 6.54 Å². The maximum absolute atomic E-state index is 11.8. The molecule has 0 saturated heterocycles. The minimum atomic E-state index is 0.0246. The maximum Gasteiger partial charge on any atom is 0.263 e. The Labute approximate surface area is 114 Å². The van der Waals surface area contributed by atoms with Crippen LogP contribution in [-0.4, -0.2) is 22.3 Å². The molecule has 1 heterocycles. The fraction of sp³-hybridized carbons (Fsp3) is 0.667. The Morgan fingerprint density at radius 2 is 2.24 bits per heavy atom. The van der Waals surface area contributed by atoms with Crippen LogP contribution in [0.3, 0.4) is 0 Å². The highest BCUT2D eigenvalue weighted by Crippen LogP contribution is 2.28. The van der Waals surface area contributed by atoms with Gasteiger partial charge in [0.25, 0.3) is 5.91 Å². The summed E-state index contributed by atoms with van der Waals surface area (Å²) in [7, 11) is 0. The summed E-state index contributed by atoms with van der Waals surface area (Å²) in [5, 5.41) is 3.95. The average Bonchev–Trinajstić information content (AvgIpc) is 2.75. The lowest BCUT2D eigenvalue weighted by molar-refractivity contribution is 0.0947. The molecule has 1 saturated carbocycles. The predicted octanol–water partition coefficient (Wildman–Crippen LogP) is 3.14. The van der Waals surface area contributed by atoms with Gasteiger partial charge in [-0.3, -0.25) is 4.79 Å². The second kappa shape index (κ2) is 5.96. The molecule has 0 aliphatic heterocycles. The highest BCUT2D eigenvalue weighted by Gasteiger charge is 2.20. The van der Waals surface area contributed by atoms with E-state index in [1.807, 2.05) is 6.92 Å². The zero-order valence-electron chi connectivity index (χ0n) is 9.91. The number of aryl methyl sites for hydroxylation is 1. The second-order valence-electron chi connectivity index (χ2n) is 4.57. The van der Waals surface area contributed by atoms with Crippen molar-refractivity contribution >= 4 is 33.2 Å². The van der Waals surface area contributed by atoms with Gasteiger partial charge >= 0.3 is 0 Å². The molecule has 94 valence electrons. The minimum Gasteiger partial charge on any atom is -0.351 e. The molecule has 1 N–H and O–H groups in total. The standard InChI is InChI=1S/C12H17BrN2OS/c1-8-14-7-11(17-8)12(16)15-6-9-2-4-10(13)5-3-9/h7,9-10H,2-6H2,1H3,(H,15,16). The van der Waals surface area contributed by atoms with Crippen LogP contribution in [-0.2, 0) is 0 Å². The van der Waals surface area contributed by atoms with E-state index in [2.05, 4.69) is 26.2 Å². The molecule has 1 aliphatic carbocycles. The first-order valence-corrected chi connectivity index (χ1v) is 7.73. The monoisotopic (exact) mass is 316 g/mol. The highest BCUT2D eigenvalue weighted by atomic mass is 79.9. The zero-order valence-corrected chi connectivity index (χ0v) is 12.3. The molecule has 1 fully saturated rings. The van der Waals surface area contributed by atoms with E-state index in [1.54, 1.807) is 6.20 Å². The van der Waals surface area contributed by atoms with E-state index in [0.29, 0.717) is 10.7 Å². The SMILES string of the molecule is Cc1ncc(C(=O)NCC2CCC(Br)CC2)s1. The van der Waals surface area contributed by atoms with Crippen LogP contribution < -0.4 is 5.32 Å². The van der Waals surface area contributed by atoms with Gasteiger partial charge in [-0.2, -0.15) is 0 Å². The number of carbonyl (C=O) groups excluding carboxylic acids is 1. The first-order chi connectivity index (χ1) is 8.15. The molecule has 0 spiro atoms. The Morgan fingerprint density at radius 1 is 1.53 bits per heavy atom. The number of alkyl halides is 1. The van der Waals surface area contributed by atoms with Crippen LogP contribution >= 0.6 is 27.3 Å². The van der Waals surface area contributed by atoms with Gasteiger partial charge in [-0.1, -0.05) is 15.9 Å². The Morgan fingerprint density at radius 3 is 2.82 bits per heavy atom. The smallest absolute Gasteiger partial charge is 0.263 e. The Hall–Kier alpha value is -0.420. The maximum atomic E-state index is 11.8. The lowest BCUT2D eigenvalue weighted by Crippen LogP contribution is -2.30. The van der Waals surface area contributed by atoms with Crippen LogP contribution in [0, 0.1) is 12.8 Å². The van der Waals surface area contributed by atoms with E-state index in [0.717, 1.165) is 16.4 Å². The molecular formula is C12H17BrN2OS. The van der Waals surface area contributed by atoms with E-state index in [1.165, 1.54) is 37.0 Å². The van der Waals surface area contributed by atoms with Crippen LogP contribution in [0.25, 0.3) is 0 Å². The second-order valence-corrected chi connectivity index (χ2v) is 7.10. The fourth-order valence-electron chi connectivity index (χ4n) is 2.12. The van der Waals surface area contributed by atoms with Gasteiger partial charge in [-0.15, -0.1) is 11.3 Å². The first-order valence-electron chi connectivity index (χ1n) is 6.00. The van der Waals surface area contributed by atoms with Crippen molar-refractivity contribution in [3.05, 3.63) is 16.1 Å². The van der Waals surface area contributed by atoms with Crippen LogP contribution in [0.2, 0.25) is 0 Å². The van der Waals surface area contributed by atoms with Crippen LogP contribution in [0.1, 0.15) is 40.4 Å². The van der Waals surface area contributed by atoms with Crippen LogP contribution in [0.4, 0.5) is 0 Å². The normalized spacial score (nSPS) is 24.6. The Balaban J connectivity index is 1.76. The number of rotatable bonds is 3. The van der Waals surface area contributed by atoms with Gasteiger partial charge in [0.2, 0.25) is 0 Å². The summed E-state index contributed by atoms with van der Waals surface area (Å²) in [5.41, 5.74) is 0. The highest BCUT2D eigenvalue weighted by molar-refractivity contribution is 9.09. The number of thiazole rings is 1. The Bertz CT molecular complexity index is 386. The summed E-state index contributed by atoms with van der Waals surface area (Å²) < 4.78 is 0. The molecule has 1 aromatic rings. The molecule has 5 heteroatoms. The van der Waals surface area contributed by atoms with Crippen molar-refractivity contribution in [2.24, 2.45) is 5.92 Å². The van der Waals surface area contributed by atoms with E-state index < -0.39 is 0 Å². The summed E-state index contributed by atoms with van der Waals surface area (Å²) in [6.45, 7) is 2.72. The van der Waals surface area contributed by atoms with Crippen molar-refractivity contribution in [1.82, 2.24) is 10.3 Å². The number of carbonyl (C=O) groups is 1. The lowest BCUT2D eigenvalue weighted by atomic mass is 9.89. The Kier molecular flexibility index (Phi) is 4.56. The van der Waals surface area contributed by atoms with Crippen molar-refractivity contribution in [3.63, 3.8) is 0 Å². The number of hydrogen-bond acceptors (Lipinski definition) is 3. The molecule has 1 aromatic heterocycles. The molecule has 0 radical (unpaired) electrons. The van der Waals surface area contributed by atoms with Gasteiger partial charge in [0.05, 0.1) is 11.2 Å². The third kappa shape index (κ3) is 3.78. The van der Waals surface area contributed by atoms with E-state index in [9.17, 15) is 4.79 Å². The molecule has 2 rings (SSSR count). The summed E-state index contributed by atoms with van der Waals surface area (Å²) in [4.78, 5) is 17.3. The molecule has 0 aromatic carbocycles. The first kappa shape index (κ1) is 13.0. The van der Waals surface area contributed by atoms with Crippen molar-refractivity contribution in [3.8, 4) is 0 Å². The van der Waals surface area contributed by atoms with E-state index >= 15 is 0 Å². The molecule has 1 aliphatic rings. The van der Waals surface area contributed by atoms with Gasteiger partial charge in [-0.25, -0.2) is 4.98 Å². The topological polar surface area (TPSA) is 42.0 Å². The average molecular weight is 317 g/mol. The van der Waals surface area contributed by atoms with Gasteiger partial charge in [0.15, 0.2) is 0 Å². The van der Waals surface area contributed by atoms with Crippen molar-refractivity contribution in [2.45, 2.75) is 37.4 Å². The van der Waals surface area contributed by atoms with Crippen LogP contribution in [0.5, 0.6) is 0 Å². The summed E-state index contributed by atoms with van der Waals surface area (Å²) >= 11 is 5.09. The van der Waals surface area contributed by atoms with Gasteiger partial charge in [-0.05, 0) is 38.5 Å². The number of nitrogens with zero attached hydrogens (tertiary/aromatic N) is 1. The fourth-order valence-corrected chi connectivity index (χ4v) is 3.34. The predicted molar refractivity (Wildman–Crippen MR) is 73.9 cm³/mol. The third-order valence-electron chi connectivity index (χ3n) is 3.17. The lowest BCUT2D eigenvalue weighted by Gasteiger charge is -2.25. The largest absolute Gasteiger partial charge is 0.351 e. The molecule has 0 atom stereocenters. The number of halogens is 1. The van der Waals surface area contributed by atoms with Crippen molar-refractivity contribution in [1.29, 1.82) is 0 Å². The summed E-state index contributed by atoms with van der Waals surface area (Å²) in [6, 6.07) is 0. The summed E-state index contributed by atoms with van der Waals surface area (Å²) in [6.07, 6.45) is 6.51. The molecule has 0 bridgehead atoms. The molecule has 3 nitrogen and oxygen atoms in total. The van der Waals surface area contributed by atoms with Crippen molar-refractivity contribution < 1.29 is 4.79 Å². The molecule has 17 heavy (non-hydrogen) atoms. The number of amides is 1. The zero-order chi connectivity index (χ0) is 12.3. The molecular weight excluding hydrogens is 300 g/mol. The van der Waals surface area contributed by atoms with Gasteiger partial charge < -0.3 is 5.32 Å². The van der Waals surface area contributed by atoms with E-state index in [-0.39, 0.29) is 5.91 Å². The quantitative estimate of drug-likeness (QED) is 0.870.